The Morgan fingerprint density at radius 2 is 1.80 bits per heavy atom. The van der Waals surface area contributed by atoms with Crippen molar-refractivity contribution in [2.45, 2.75) is 54.1 Å². The lowest BCUT2D eigenvalue weighted by atomic mass is 10.2. The molecular weight excluding hydrogens is 310 g/mol. The zero-order valence-corrected chi connectivity index (χ0v) is 16.8. The van der Waals surface area contributed by atoms with Gasteiger partial charge in [-0.2, -0.15) is 0 Å². The number of hydrogen-bond donors (Lipinski definition) is 0. The number of rotatable bonds is 5. The molecular formula is C21H33N3O. The lowest BCUT2D eigenvalue weighted by molar-refractivity contribution is 0.432. The Morgan fingerprint density at radius 1 is 1.20 bits per heavy atom. The van der Waals surface area contributed by atoms with Crippen LogP contribution in [0.25, 0.3) is 12.7 Å². The summed E-state index contributed by atoms with van der Waals surface area (Å²) in [7, 11) is 2.09. The van der Waals surface area contributed by atoms with Crippen LogP contribution in [-0.4, -0.2) is 24.2 Å². The SMILES string of the molecule is C=c1/c(=C\c2ccc(N(C)CC)cc2)oc(=NC(C)C)n1CC.CC. The number of aromatic nitrogens is 1. The van der Waals surface area contributed by atoms with Gasteiger partial charge in [-0.3, -0.25) is 4.57 Å². The first-order valence-electron chi connectivity index (χ1n) is 9.21. The van der Waals surface area contributed by atoms with E-state index in [4.69, 9.17) is 4.42 Å². The van der Waals surface area contributed by atoms with E-state index >= 15 is 0 Å². The van der Waals surface area contributed by atoms with E-state index in [1.54, 1.807) is 0 Å². The molecule has 0 radical (unpaired) electrons. The fraction of sp³-hybridized carbons (Fsp3) is 0.476. The van der Waals surface area contributed by atoms with Crippen molar-refractivity contribution in [1.29, 1.82) is 0 Å². The summed E-state index contributed by atoms with van der Waals surface area (Å²) in [6.45, 7) is 18.2. The van der Waals surface area contributed by atoms with Crippen molar-refractivity contribution in [3.63, 3.8) is 0 Å². The van der Waals surface area contributed by atoms with Gasteiger partial charge < -0.3 is 9.32 Å². The molecule has 0 saturated carbocycles. The van der Waals surface area contributed by atoms with Crippen LogP contribution in [0.1, 0.15) is 47.1 Å². The second kappa shape index (κ2) is 9.92. The number of oxazole rings is 1. The minimum atomic E-state index is 0.190. The first kappa shape index (κ1) is 20.8. The summed E-state index contributed by atoms with van der Waals surface area (Å²) in [5.41, 5.74) is 3.71. The van der Waals surface area contributed by atoms with Gasteiger partial charge in [-0.1, -0.05) is 32.6 Å². The van der Waals surface area contributed by atoms with Gasteiger partial charge in [-0.25, -0.2) is 4.99 Å². The van der Waals surface area contributed by atoms with Crippen molar-refractivity contribution in [3.8, 4) is 0 Å². The molecule has 0 fully saturated rings. The van der Waals surface area contributed by atoms with E-state index in [0.29, 0.717) is 5.68 Å². The summed E-state index contributed by atoms with van der Waals surface area (Å²) < 4.78 is 7.92. The molecule has 0 aliphatic rings. The highest BCUT2D eigenvalue weighted by Crippen LogP contribution is 2.13. The third-order valence-electron chi connectivity index (χ3n) is 3.83. The molecule has 0 amide bonds. The third-order valence-corrected chi connectivity index (χ3v) is 3.83. The van der Waals surface area contributed by atoms with Crippen LogP contribution in [0.2, 0.25) is 0 Å². The van der Waals surface area contributed by atoms with Crippen LogP contribution in [0.4, 0.5) is 5.69 Å². The Hall–Kier alpha value is -2.23. The lowest BCUT2D eigenvalue weighted by Crippen LogP contribution is -2.31. The fourth-order valence-electron chi connectivity index (χ4n) is 2.38. The maximum Gasteiger partial charge on any atom is 0.297 e. The molecule has 0 atom stereocenters. The van der Waals surface area contributed by atoms with E-state index in [2.05, 4.69) is 61.6 Å². The molecule has 4 nitrogen and oxygen atoms in total. The van der Waals surface area contributed by atoms with E-state index in [9.17, 15) is 0 Å². The smallest absolute Gasteiger partial charge is 0.297 e. The second-order valence-corrected chi connectivity index (χ2v) is 5.91. The van der Waals surface area contributed by atoms with Gasteiger partial charge >= 0.3 is 0 Å². The van der Waals surface area contributed by atoms with Crippen molar-refractivity contribution in [1.82, 2.24) is 4.57 Å². The molecule has 1 aromatic heterocycles. The van der Waals surface area contributed by atoms with Gasteiger partial charge in [0.2, 0.25) is 0 Å². The highest BCUT2D eigenvalue weighted by molar-refractivity contribution is 5.55. The Bertz CT molecular complexity index is 810. The largest absolute Gasteiger partial charge is 0.424 e. The summed E-state index contributed by atoms with van der Waals surface area (Å²) in [6.07, 6.45) is 2.02. The van der Waals surface area contributed by atoms with Gasteiger partial charge in [-0.15, -0.1) is 0 Å². The maximum absolute atomic E-state index is 5.92. The van der Waals surface area contributed by atoms with E-state index in [0.717, 1.165) is 29.4 Å². The molecule has 25 heavy (non-hydrogen) atoms. The van der Waals surface area contributed by atoms with Crippen LogP contribution >= 0.6 is 0 Å². The summed E-state index contributed by atoms with van der Waals surface area (Å²) in [6, 6.07) is 8.62. The monoisotopic (exact) mass is 343 g/mol. The van der Waals surface area contributed by atoms with Crippen LogP contribution in [-0.2, 0) is 6.54 Å². The summed E-state index contributed by atoms with van der Waals surface area (Å²) >= 11 is 0. The topological polar surface area (TPSA) is 33.7 Å². The van der Waals surface area contributed by atoms with Gasteiger partial charge in [0.1, 0.15) is 0 Å². The maximum atomic E-state index is 5.92. The van der Waals surface area contributed by atoms with Crippen molar-refractivity contribution in [2.75, 3.05) is 18.5 Å². The number of anilines is 1. The van der Waals surface area contributed by atoms with Gasteiger partial charge in [0, 0.05) is 31.9 Å². The molecule has 1 heterocycles. The summed E-state index contributed by atoms with van der Waals surface area (Å²) in [4.78, 5) is 6.73. The molecule has 0 N–H and O–H groups in total. The average molecular weight is 344 g/mol. The van der Waals surface area contributed by atoms with Crippen molar-refractivity contribution in [2.24, 2.45) is 4.99 Å². The average Bonchev–Trinajstić information content (AvgIpc) is 2.90. The van der Waals surface area contributed by atoms with Crippen LogP contribution in [0.3, 0.4) is 0 Å². The standard InChI is InChI=1S/C19H27N3O.C2H6/c1-7-21(6)17-11-9-16(10-12-17)13-18-15(5)22(8-2)19(23-18)20-14(3)4;1-2/h9-14H,5,7-8H2,1-4,6H3;1-2H3/b18-13+,20-19?;. The summed E-state index contributed by atoms with van der Waals surface area (Å²) in [5.74, 6) is 0. The normalized spacial score (nSPS) is 12.3. The van der Waals surface area contributed by atoms with E-state index < -0.39 is 0 Å². The molecule has 0 unspecified atom stereocenters. The molecule has 0 bridgehead atoms. The molecule has 0 aliphatic heterocycles. The van der Waals surface area contributed by atoms with Gasteiger partial charge in [0.25, 0.3) is 5.68 Å². The number of benzene rings is 1. The molecule has 2 aromatic rings. The fourth-order valence-corrected chi connectivity index (χ4v) is 2.38. The molecule has 2 rings (SSSR count). The third kappa shape index (κ3) is 5.38. The molecule has 0 spiro atoms. The van der Waals surface area contributed by atoms with Crippen LogP contribution in [0, 0.1) is 0 Å². The number of nitrogens with zero attached hydrogens (tertiary/aromatic N) is 3. The minimum Gasteiger partial charge on any atom is -0.424 e. The van der Waals surface area contributed by atoms with Gasteiger partial charge in [0.15, 0.2) is 5.42 Å². The van der Waals surface area contributed by atoms with Crippen molar-refractivity contribution < 1.29 is 4.42 Å². The lowest BCUT2D eigenvalue weighted by Gasteiger charge is -2.16. The highest BCUT2D eigenvalue weighted by atomic mass is 16.3. The quantitative estimate of drug-likeness (QED) is 0.836. The van der Waals surface area contributed by atoms with Gasteiger partial charge in [-0.05, 0) is 51.5 Å². The van der Waals surface area contributed by atoms with E-state index in [1.165, 1.54) is 5.69 Å². The predicted molar refractivity (Wildman–Crippen MR) is 108 cm³/mol. The zero-order valence-electron chi connectivity index (χ0n) is 16.8. The molecule has 4 heteroatoms. The number of hydrogen-bond acceptors (Lipinski definition) is 3. The predicted octanol–water partition coefficient (Wildman–Crippen LogP) is 3.13. The molecule has 0 aliphatic carbocycles. The first-order valence-corrected chi connectivity index (χ1v) is 9.21. The van der Waals surface area contributed by atoms with Gasteiger partial charge in [0.05, 0.1) is 5.35 Å². The zero-order chi connectivity index (χ0) is 19.0. The Morgan fingerprint density at radius 3 is 2.28 bits per heavy atom. The van der Waals surface area contributed by atoms with E-state index in [-0.39, 0.29) is 6.04 Å². The Balaban J connectivity index is 0.00000151. The summed E-state index contributed by atoms with van der Waals surface area (Å²) in [5, 5.41) is 0.863. The van der Waals surface area contributed by atoms with Crippen LogP contribution in [0.5, 0.6) is 0 Å². The molecule has 0 saturated heterocycles. The first-order chi connectivity index (χ1) is 12.0. The van der Waals surface area contributed by atoms with Crippen molar-refractivity contribution >= 4 is 18.3 Å². The Kier molecular flexibility index (Phi) is 8.26. The highest BCUT2D eigenvalue weighted by Gasteiger charge is 2.03. The minimum absolute atomic E-state index is 0.190. The van der Waals surface area contributed by atoms with Crippen LogP contribution in [0.15, 0.2) is 33.7 Å². The molecule has 1 aromatic carbocycles. The molecule has 138 valence electrons. The Labute approximate surface area is 151 Å². The van der Waals surface area contributed by atoms with Crippen LogP contribution < -0.4 is 21.3 Å². The van der Waals surface area contributed by atoms with Crippen molar-refractivity contribution in [3.05, 3.63) is 46.3 Å². The van der Waals surface area contributed by atoms with E-state index in [1.807, 2.05) is 38.3 Å². The second-order valence-electron chi connectivity index (χ2n) is 5.91.